The van der Waals surface area contributed by atoms with Crippen LogP contribution in [0.5, 0.6) is 0 Å². The van der Waals surface area contributed by atoms with E-state index in [1.165, 1.54) is 6.07 Å². The third-order valence-corrected chi connectivity index (χ3v) is 3.99. The molecule has 106 valence electrons. The van der Waals surface area contributed by atoms with E-state index < -0.39 is 17.7 Å². The number of aromatic nitrogens is 1. The van der Waals surface area contributed by atoms with E-state index >= 15 is 0 Å². The summed E-state index contributed by atoms with van der Waals surface area (Å²) in [5.74, 6) is -1.46. The molecular weight excluding hydrogens is 340 g/mol. The molecule has 0 bridgehead atoms. The highest BCUT2D eigenvalue weighted by Gasteiger charge is 2.19. The molecule has 0 fully saturated rings. The molecule has 1 heterocycles. The number of fused-ring (bicyclic) bond motifs is 1. The van der Waals surface area contributed by atoms with Gasteiger partial charge in [-0.2, -0.15) is 0 Å². The van der Waals surface area contributed by atoms with Crippen molar-refractivity contribution in [1.82, 2.24) is 4.98 Å². The Hall–Kier alpha value is -1.85. The highest BCUT2D eigenvalue weighted by atomic mass is 79.9. The van der Waals surface area contributed by atoms with Crippen molar-refractivity contribution in [3.63, 3.8) is 0 Å². The molecule has 0 spiro atoms. The Bertz CT molecular complexity index is 822. The summed E-state index contributed by atoms with van der Waals surface area (Å²) in [6.07, 6.45) is 0.391. The second-order valence-electron chi connectivity index (χ2n) is 4.60. The quantitative estimate of drug-likeness (QED) is 0.745. The Morgan fingerprint density at radius 1 is 1.05 bits per heavy atom. The predicted octanol–water partition coefficient (Wildman–Crippen LogP) is 4.36. The zero-order chi connectivity index (χ0) is 15.0. The number of aliphatic hydroxyl groups excluding tert-OH is 1. The lowest BCUT2D eigenvalue weighted by atomic mass is 9.98. The van der Waals surface area contributed by atoms with Crippen molar-refractivity contribution in [2.24, 2.45) is 0 Å². The molecule has 0 saturated heterocycles. The topological polar surface area (TPSA) is 33.1 Å². The van der Waals surface area contributed by atoms with Crippen LogP contribution in [0.15, 0.2) is 53.1 Å². The third-order valence-electron chi connectivity index (χ3n) is 3.30. The van der Waals surface area contributed by atoms with E-state index in [9.17, 15) is 13.9 Å². The molecule has 1 atom stereocenters. The van der Waals surface area contributed by atoms with Crippen LogP contribution in [0.1, 0.15) is 17.2 Å². The summed E-state index contributed by atoms with van der Waals surface area (Å²) < 4.78 is 27.6. The van der Waals surface area contributed by atoms with Gasteiger partial charge in [-0.3, -0.25) is 4.98 Å². The fraction of sp³-hybridized carbons (Fsp3) is 0.0625. The number of aliphatic hydroxyl groups is 1. The number of pyridine rings is 1. The molecule has 0 saturated carbocycles. The standard InChI is InChI=1S/C16H10BrF2NO/c17-13-6-5-12(15-10(13)2-1-7-20-15)16(21)11-4-3-9(18)8-14(11)19/h1-8,16,21H. The molecule has 1 N–H and O–H groups in total. The minimum Gasteiger partial charge on any atom is -0.383 e. The molecule has 0 radical (unpaired) electrons. The number of hydrogen-bond acceptors (Lipinski definition) is 2. The maximum atomic E-state index is 13.8. The van der Waals surface area contributed by atoms with E-state index in [1.54, 1.807) is 24.4 Å². The van der Waals surface area contributed by atoms with Crippen molar-refractivity contribution in [2.45, 2.75) is 6.10 Å². The maximum Gasteiger partial charge on any atom is 0.132 e. The van der Waals surface area contributed by atoms with Gasteiger partial charge in [-0.15, -0.1) is 0 Å². The second kappa shape index (κ2) is 5.50. The molecule has 2 aromatic carbocycles. The van der Waals surface area contributed by atoms with E-state index in [0.717, 1.165) is 22.0 Å². The smallest absolute Gasteiger partial charge is 0.132 e. The molecule has 2 nitrogen and oxygen atoms in total. The maximum absolute atomic E-state index is 13.8. The van der Waals surface area contributed by atoms with Crippen LogP contribution >= 0.6 is 15.9 Å². The molecular formula is C16H10BrF2NO. The van der Waals surface area contributed by atoms with Gasteiger partial charge in [-0.25, -0.2) is 8.78 Å². The van der Waals surface area contributed by atoms with Gasteiger partial charge in [0, 0.05) is 33.2 Å². The van der Waals surface area contributed by atoms with Gasteiger partial charge in [0.15, 0.2) is 0 Å². The van der Waals surface area contributed by atoms with Crippen LogP contribution in [-0.4, -0.2) is 10.1 Å². The van der Waals surface area contributed by atoms with Gasteiger partial charge in [-0.1, -0.05) is 34.1 Å². The van der Waals surface area contributed by atoms with Gasteiger partial charge >= 0.3 is 0 Å². The van der Waals surface area contributed by atoms with Crippen molar-refractivity contribution in [2.75, 3.05) is 0 Å². The highest BCUT2D eigenvalue weighted by Crippen LogP contribution is 2.32. The zero-order valence-electron chi connectivity index (χ0n) is 10.7. The summed E-state index contributed by atoms with van der Waals surface area (Å²) in [6.45, 7) is 0. The Kier molecular flexibility index (Phi) is 3.69. The molecule has 0 aliphatic rings. The van der Waals surface area contributed by atoms with E-state index in [1.807, 2.05) is 6.07 Å². The van der Waals surface area contributed by atoms with Crippen LogP contribution < -0.4 is 0 Å². The summed E-state index contributed by atoms with van der Waals surface area (Å²) >= 11 is 3.42. The van der Waals surface area contributed by atoms with Crippen LogP contribution in [0.25, 0.3) is 10.9 Å². The Morgan fingerprint density at radius 2 is 1.81 bits per heavy atom. The summed E-state index contributed by atoms with van der Waals surface area (Å²) in [4.78, 5) is 4.25. The van der Waals surface area contributed by atoms with Crippen molar-refractivity contribution < 1.29 is 13.9 Å². The Labute approximate surface area is 128 Å². The van der Waals surface area contributed by atoms with Crippen molar-refractivity contribution in [1.29, 1.82) is 0 Å². The number of halogens is 3. The average Bonchev–Trinajstić information content (AvgIpc) is 2.47. The van der Waals surface area contributed by atoms with Gasteiger partial charge < -0.3 is 5.11 Å². The molecule has 0 amide bonds. The monoisotopic (exact) mass is 349 g/mol. The first-order chi connectivity index (χ1) is 10.1. The van der Waals surface area contributed by atoms with Crippen LogP contribution in [0.4, 0.5) is 8.78 Å². The summed E-state index contributed by atoms with van der Waals surface area (Å²) in [6, 6.07) is 10.2. The lowest BCUT2D eigenvalue weighted by Crippen LogP contribution is -2.04. The van der Waals surface area contributed by atoms with Gasteiger partial charge in [0.2, 0.25) is 0 Å². The summed E-state index contributed by atoms with van der Waals surface area (Å²) in [5, 5.41) is 11.3. The third kappa shape index (κ3) is 2.54. The molecule has 0 aliphatic carbocycles. The fourth-order valence-electron chi connectivity index (χ4n) is 2.27. The van der Waals surface area contributed by atoms with E-state index in [4.69, 9.17) is 0 Å². The summed E-state index contributed by atoms with van der Waals surface area (Å²) in [5.41, 5.74) is 1.06. The molecule has 21 heavy (non-hydrogen) atoms. The fourth-order valence-corrected chi connectivity index (χ4v) is 2.72. The van der Waals surface area contributed by atoms with Crippen molar-refractivity contribution in [3.8, 4) is 0 Å². The Balaban J connectivity index is 2.18. The molecule has 0 aliphatic heterocycles. The van der Waals surface area contributed by atoms with E-state index in [0.29, 0.717) is 11.1 Å². The Morgan fingerprint density at radius 3 is 2.57 bits per heavy atom. The minimum absolute atomic E-state index is 0.0191. The number of hydrogen-bond donors (Lipinski definition) is 1. The second-order valence-corrected chi connectivity index (χ2v) is 5.46. The number of benzene rings is 2. The largest absolute Gasteiger partial charge is 0.383 e. The number of rotatable bonds is 2. The summed E-state index contributed by atoms with van der Waals surface area (Å²) in [7, 11) is 0. The van der Waals surface area contributed by atoms with Gasteiger partial charge in [0.1, 0.15) is 17.7 Å². The van der Waals surface area contributed by atoms with E-state index in [-0.39, 0.29) is 5.56 Å². The molecule has 1 unspecified atom stereocenters. The predicted molar refractivity (Wildman–Crippen MR) is 79.9 cm³/mol. The lowest BCUT2D eigenvalue weighted by Gasteiger charge is -2.15. The van der Waals surface area contributed by atoms with Gasteiger partial charge in [-0.05, 0) is 18.2 Å². The number of nitrogens with zero attached hydrogens (tertiary/aromatic N) is 1. The van der Waals surface area contributed by atoms with Crippen molar-refractivity contribution in [3.05, 3.63) is 75.9 Å². The molecule has 3 aromatic rings. The minimum atomic E-state index is -1.21. The SMILES string of the molecule is OC(c1ccc(F)cc1F)c1ccc(Br)c2cccnc12. The first-order valence-corrected chi connectivity index (χ1v) is 7.03. The van der Waals surface area contributed by atoms with Crippen LogP contribution in [-0.2, 0) is 0 Å². The normalized spacial score (nSPS) is 12.6. The van der Waals surface area contributed by atoms with Crippen LogP contribution in [0, 0.1) is 11.6 Å². The first kappa shape index (κ1) is 14.1. The first-order valence-electron chi connectivity index (χ1n) is 6.24. The molecule has 3 rings (SSSR count). The molecule has 1 aromatic heterocycles. The molecule has 5 heteroatoms. The highest BCUT2D eigenvalue weighted by molar-refractivity contribution is 9.10. The van der Waals surface area contributed by atoms with Gasteiger partial charge in [0.25, 0.3) is 0 Å². The van der Waals surface area contributed by atoms with E-state index in [2.05, 4.69) is 20.9 Å². The van der Waals surface area contributed by atoms with Gasteiger partial charge in [0.05, 0.1) is 5.52 Å². The average molecular weight is 350 g/mol. The van der Waals surface area contributed by atoms with Crippen LogP contribution in [0.3, 0.4) is 0 Å². The lowest BCUT2D eigenvalue weighted by molar-refractivity contribution is 0.216. The van der Waals surface area contributed by atoms with Crippen molar-refractivity contribution >= 4 is 26.8 Å². The van der Waals surface area contributed by atoms with Crippen LogP contribution in [0.2, 0.25) is 0 Å². The zero-order valence-corrected chi connectivity index (χ0v) is 12.3.